The lowest BCUT2D eigenvalue weighted by atomic mass is 10.1. The summed E-state index contributed by atoms with van der Waals surface area (Å²) in [6.07, 6.45) is 3.80. The van der Waals surface area contributed by atoms with Crippen LogP contribution in [0.5, 0.6) is 0 Å². The molecule has 2 aliphatic rings. The van der Waals surface area contributed by atoms with E-state index in [1.807, 2.05) is 12.1 Å². The van der Waals surface area contributed by atoms with Gasteiger partial charge in [-0.3, -0.25) is 4.79 Å². The Morgan fingerprint density at radius 1 is 0.966 bits per heavy atom. The minimum atomic E-state index is -3.52. The molecule has 4 rings (SSSR count). The first-order valence-electron chi connectivity index (χ1n) is 9.65. The van der Waals surface area contributed by atoms with Crippen LogP contribution in [0.4, 0.5) is 0 Å². The maximum atomic E-state index is 13.1. The van der Waals surface area contributed by atoms with E-state index in [0.29, 0.717) is 33.8 Å². The number of carbonyl (C=O) groups is 1. The topological polar surface area (TPSA) is 66.5 Å². The van der Waals surface area contributed by atoms with Gasteiger partial charge in [0.1, 0.15) is 0 Å². The number of rotatable bonds is 8. The molecule has 0 atom stereocenters. The number of halogens is 2. The molecule has 0 heterocycles. The van der Waals surface area contributed by atoms with Crippen molar-refractivity contribution in [2.24, 2.45) is 0 Å². The number of sulfonamides is 1. The van der Waals surface area contributed by atoms with Gasteiger partial charge >= 0.3 is 0 Å². The van der Waals surface area contributed by atoms with Crippen LogP contribution in [0.25, 0.3) is 0 Å². The SMILES string of the molecule is O=C(NC1CC1)c1ccc(CN(C2CC2)S(=O)(=O)Cc2ccc(Cl)c(Cl)c2)cc1. The van der Waals surface area contributed by atoms with Gasteiger partial charge in [-0.05, 0) is 61.1 Å². The quantitative estimate of drug-likeness (QED) is 0.645. The van der Waals surface area contributed by atoms with Crippen LogP contribution in [0.2, 0.25) is 10.0 Å². The Labute approximate surface area is 181 Å². The summed E-state index contributed by atoms with van der Waals surface area (Å²) in [4.78, 5) is 12.1. The Kier molecular flexibility index (Phi) is 5.89. The molecule has 2 saturated carbocycles. The fourth-order valence-corrected chi connectivity index (χ4v) is 5.28. The van der Waals surface area contributed by atoms with Gasteiger partial charge in [0.25, 0.3) is 5.91 Å². The molecule has 0 unspecified atom stereocenters. The third-order valence-electron chi connectivity index (χ3n) is 5.11. The zero-order valence-corrected chi connectivity index (χ0v) is 18.1. The highest BCUT2D eigenvalue weighted by atomic mass is 35.5. The van der Waals surface area contributed by atoms with E-state index in [-0.39, 0.29) is 17.7 Å². The second kappa shape index (κ2) is 8.26. The Bertz CT molecular complexity index is 1020. The van der Waals surface area contributed by atoms with Crippen LogP contribution in [0, 0.1) is 0 Å². The molecule has 0 aromatic heterocycles. The molecule has 0 radical (unpaired) electrons. The van der Waals surface area contributed by atoms with E-state index >= 15 is 0 Å². The van der Waals surface area contributed by atoms with Crippen molar-refractivity contribution in [3.63, 3.8) is 0 Å². The van der Waals surface area contributed by atoms with Crippen LogP contribution in [-0.4, -0.2) is 30.7 Å². The van der Waals surface area contributed by atoms with Gasteiger partial charge in [0.05, 0.1) is 15.8 Å². The molecule has 29 heavy (non-hydrogen) atoms. The molecule has 1 amide bonds. The fraction of sp³-hybridized carbons (Fsp3) is 0.381. The van der Waals surface area contributed by atoms with Crippen molar-refractivity contribution < 1.29 is 13.2 Å². The highest BCUT2D eigenvalue weighted by Gasteiger charge is 2.37. The monoisotopic (exact) mass is 452 g/mol. The van der Waals surface area contributed by atoms with E-state index in [1.54, 1.807) is 34.6 Å². The third kappa shape index (κ3) is 5.31. The summed E-state index contributed by atoms with van der Waals surface area (Å²) >= 11 is 12.0. The molecule has 0 aliphatic heterocycles. The Morgan fingerprint density at radius 2 is 1.62 bits per heavy atom. The van der Waals surface area contributed by atoms with Crippen LogP contribution >= 0.6 is 23.2 Å². The van der Waals surface area contributed by atoms with E-state index in [1.165, 1.54) is 0 Å². The van der Waals surface area contributed by atoms with Crippen molar-refractivity contribution >= 4 is 39.1 Å². The zero-order chi connectivity index (χ0) is 20.6. The molecule has 0 bridgehead atoms. The van der Waals surface area contributed by atoms with Crippen molar-refractivity contribution in [1.29, 1.82) is 0 Å². The highest BCUT2D eigenvalue weighted by molar-refractivity contribution is 7.88. The lowest BCUT2D eigenvalue weighted by Crippen LogP contribution is -2.33. The highest BCUT2D eigenvalue weighted by Crippen LogP contribution is 2.33. The summed E-state index contributed by atoms with van der Waals surface area (Å²) in [5.74, 6) is -0.201. The summed E-state index contributed by atoms with van der Waals surface area (Å²) in [7, 11) is -3.52. The smallest absolute Gasteiger partial charge is 0.251 e. The van der Waals surface area contributed by atoms with E-state index in [0.717, 1.165) is 31.2 Å². The van der Waals surface area contributed by atoms with Gasteiger partial charge < -0.3 is 5.32 Å². The maximum Gasteiger partial charge on any atom is 0.251 e. The van der Waals surface area contributed by atoms with Crippen molar-refractivity contribution in [2.75, 3.05) is 0 Å². The van der Waals surface area contributed by atoms with Crippen LogP contribution in [0.1, 0.15) is 47.2 Å². The number of hydrogen-bond acceptors (Lipinski definition) is 3. The molecule has 2 aromatic rings. The number of carbonyl (C=O) groups excluding carboxylic acids is 1. The third-order valence-corrected chi connectivity index (χ3v) is 7.69. The Morgan fingerprint density at radius 3 is 2.21 bits per heavy atom. The van der Waals surface area contributed by atoms with Crippen molar-refractivity contribution in [3.8, 4) is 0 Å². The predicted octanol–water partition coefficient (Wildman–Crippen LogP) is 4.38. The lowest BCUT2D eigenvalue weighted by Gasteiger charge is -2.22. The molecule has 2 aromatic carbocycles. The molecule has 5 nitrogen and oxygen atoms in total. The summed E-state index contributed by atoms with van der Waals surface area (Å²) in [6, 6.07) is 12.4. The predicted molar refractivity (Wildman–Crippen MR) is 115 cm³/mol. The van der Waals surface area contributed by atoms with Gasteiger partial charge in [0.2, 0.25) is 10.0 Å². The molecule has 0 spiro atoms. The van der Waals surface area contributed by atoms with Crippen LogP contribution in [0.3, 0.4) is 0 Å². The molecule has 8 heteroatoms. The fourth-order valence-electron chi connectivity index (χ4n) is 3.18. The van der Waals surface area contributed by atoms with Gasteiger partial charge in [-0.25, -0.2) is 8.42 Å². The maximum absolute atomic E-state index is 13.1. The summed E-state index contributed by atoms with van der Waals surface area (Å²) in [6.45, 7) is 0.291. The normalized spacial score (nSPS) is 16.8. The minimum absolute atomic E-state index is 0.0283. The number of hydrogen-bond donors (Lipinski definition) is 1. The summed E-state index contributed by atoms with van der Waals surface area (Å²) in [5, 5.41) is 3.70. The van der Waals surface area contributed by atoms with Gasteiger partial charge in [0, 0.05) is 24.2 Å². The van der Waals surface area contributed by atoms with Gasteiger partial charge in [-0.15, -0.1) is 0 Å². The lowest BCUT2D eigenvalue weighted by molar-refractivity contribution is 0.0951. The molecule has 1 N–H and O–H groups in total. The van der Waals surface area contributed by atoms with Gasteiger partial charge in [0.15, 0.2) is 0 Å². The first-order valence-corrected chi connectivity index (χ1v) is 12.0. The summed E-state index contributed by atoms with van der Waals surface area (Å²) in [5.41, 5.74) is 2.06. The molecule has 154 valence electrons. The van der Waals surface area contributed by atoms with Crippen molar-refractivity contribution in [3.05, 3.63) is 69.2 Å². The first-order chi connectivity index (χ1) is 13.8. The number of amides is 1. The van der Waals surface area contributed by atoms with E-state index in [2.05, 4.69) is 5.32 Å². The summed E-state index contributed by atoms with van der Waals surface area (Å²) < 4.78 is 27.7. The van der Waals surface area contributed by atoms with Gasteiger partial charge in [-0.2, -0.15) is 4.31 Å². The van der Waals surface area contributed by atoms with Crippen LogP contribution in [-0.2, 0) is 22.3 Å². The Balaban J connectivity index is 1.47. The minimum Gasteiger partial charge on any atom is -0.349 e. The standard InChI is InChI=1S/C21H22Cl2N2O3S/c22-19-10-3-15(11-20(19)23)13-29(27,28)25(18-8-9-18)12-14-1-4-16(5-2-14)21(26)24-17-6-7-17/h1-5,10-11,17-18H,6-9,12-13H2,(H,24,26). The van der Waals surface area contributed by atoms with E-state index < -0.39 is 10.0 Å². The second-order valence-electron chi connectivity index (χ2n) is 7.73. The molecular weight excluding hydrogens is 431 g/mol. The number of nitrogens with one attached hydrogen (secondary N) is 1. The zero-order valence-electron chi connectivity index (χ0n) is 15.8. The molecule has 0 saturated heterocycles. The van der Waals surface area contributed by atoms with Crippen molar-refractivity contribution in [1.82, 2.24) is 9.62 Å². The molecular formula is C21H22Cl2N2O3S. The first kappa shape index (κ1) is 20.7. The van der Waals surface area contributed by atoms with E-state index in [4.69, 9.17) is 23.2 Å². The van der Waals surface area contributed by atoms with Gasteiger partial charge in [-0.1, -0.05) is 41.4 Å². The molecule has 2 aliphatic carbocycles. The van der Waals surface area contributed by atoms with Crippen LogP contribution < -0.4 is 5.32 Å². The van der Waals surface area contributed by atoms with Crippen molar-refractivity contribution in [2.45, 2.75) is 50.1 Å². The molecule has 2 fully saturated rings. The number of benzene rings is 2. The Hall–Kier alpha value is -1.60. The average Bonchev–Trinajstić information content (AvgIpc) is 3.58. The average molecular weight is 453 g/mol. The largest absolute Gasteiger partial charge is 0.349 e. The number of nitrogens with zero attached hydrogens (tertiary/aromatic N) is 1. The second-order valence-corrected chi connectivity index (χ2v) is 10.5. The van der Waals surface area contributed by atoms with E-state index in [9.17, 15) is 13.2 Å². The van der Waals surface area contributed by atoms with Crippen LogP contribution in [0.15, 0.2) is 42.5 Å².